The molecule has 0 aromatic heterocycles. The van der Waals surface area contributed by atoms with Gasteiger partial charge in [0.1, 0.15) is 6.04 Å². The van der Waals surface area contributed by atoms with Crippen LogP contribution >= 0.6 is 0 Å². The minimum Gasteiger partial charge on any atom is -0.343 e. The van der Waals surface area contributed by atoms with Crippen LogP contribution in [0.3, 0.4) is 0 Å². The molecule has 2 rings (SSSR count). The molecular formula is C13H25N3O. The van der Waals surface area contributed by atoms with Gasteiger partial charge in [-0.25, -0.2) is 0 Å². The number of likely N-dealkylation sites (N-methyl/N-ethyl adjacent to an activating group) is 1. The van der Waals surface area contributed by atoms with Crippen LogP contribution < -0.4 is 5.73 Å². The summed E-state index contributed by atoms with van der Waals surface area (Å²) in [4.78, 5) is 16.5. The fourth-order valence-electron chi connectivity index (χ4n) is 3.68. The summed E-state index contributed by atoms with van der Waals surface area (Å²) in [6.07, 6.45) is 5.02. The summed E-state index contributed by atoms with van der Waals surface area (Å²) in [5.74, 6) is 0.193. The lowest BCUT2D eigenvalue weighted by Gasteiger charge is -2.52. The lowest BCUT2D eigenvalue weighted by molar-refractivity contribution is -0.150. The highest BCUT2D eigenvalue weighted by molar-refractivity contribution is 5.83. The topological polar surface area (TPSA) is 49.6 Å². The first-order chi connectivity index (χ1) is 7.97. The normalized spacial score (nSPS) is 31.2. The van der Waals surface area contributed by atoms with E-state index in [-0.39, 0.29) is 17.5 Å². The number of carbonyl (C=O) groups is 1. The van der Waals surface area contributed by atoms with Crippen molar-refractivity contribution >= 4 is 5.91 Å². The van der Waals surface area contributed by atoms with Gasteiger partial charge < -0.3 is 10.6 Å². The van der Waals surface area contributed by atoms with Crippen molar-refractivity contribution in [1.29, 1.82) is 0 Å². The predicted octanol–water partition coefficient (Wildman–Crippen LogP) is 0.809. The van der Waals surface area contributed by atoms with Gasteiger partial charge in [0.05, 0.1) is 0 Å². The molecule has 4 nitrogen and oxygen atoms in total. The number of hydrogen-bond acceptors (Lipinski definition) is 3. The van der Waals surface area contributed by atoms with Gasteiger partial charge in [-0.05, 0) is 26.7 Å². The zero-order chi connectivity index (χ0) is 12.6. The van der Waals surface area contributed by atoms with Crippen molar-refractivity contribution in [3.05, 3.63) is 0 Å². The van der Waals surface area contributed by atoms with Crippen LogP contribution in [0.25, 0.3) is 0 Å². The van der Waals surface area contributed by atoms with Crippen molar-refractivity contribution in [2.75, 3.05) is 20.1 Å². The first kappa shape index (κ1) is 12.8. The standard InChI is InChI=1S/C13H25N3O/c1-13(2)9-15(3)12(17)11(8-14)16(13)10-6-4-5-7-10/h10-11H,4-9,14H2,1-3H3. The van der Waals surface area contributed by atoms with Crippen LogP contribution in [0.5, 0.6) is 0 Å². The summed E-state index contributed by atoms with van der Waals surface area (Å²) in [7, 11) is 1.89. The second kappa shape index (κ2) is 4.58. The zero-order valence-electron chi connectivity index (χ0n) is 11.3. The number of piperazine rings is 1. The van der Waals surface area contributed by atoms with Crippen LogP contribution in [0.15, 0.2) is 0 Å². The number of nitrogens with two attached hydrogens (primary N) is 1. The highest BCUT2D eigenvalue weighted by atomic mass is 16.2. The Hall–Kier alpha value is -0.610. The lowest BCUT2D eigenvalue weighted by Crippen LogP contribution is -2.69. The molecule has 1 atom stereocenters. The smallest absolute Gasteiger partial charge is 0.241 e. The molecule has 1 unspecified atom stereocenters. The Morgan fingerprint density at radius 1 is 1.35 bits per heavy atom. The highest BCUT2D eigenvalue weighted by Gasteiger charge is 2.46. The van der Waals surface area contributed by atoms with E-state index in [1.807, 2.05) is 11.9 Å². The maximum atomic E-state index is 12.2. The van der Waals surface area contributed by atoms with Gasteiger partial charge in [0, 0.05) is 31.7 Å². The predicted molar refractivity (Wildman–Crippen MR) is 68.7 cm³/mol. The van der Waals surface area contributed by atoms with E-state index in [4.69, 9.17) is 5.73 Å². The van der Waals surface area contributed by atoms with Crippen molar-refractivity contribution in [3.63, 3.8) is 0 Å². The number of hydrogen-bond donors (Lipinski definition) is 1. The van der Waals surface area contributed by atoms with E-state index in [9.17, 15) is 4.79 Å². The van der Waals surface area contributed by atoms with E-state index in [2.05, 4.69) is 18.7 Å². The van der Waals surface area contributed by atoms with E-state index < -0.39 is 0 Å². The Bertz CT molecular complexity index is 297. The largest absolute Gasteiger partial charge is 0.343 e. The van der Waals surface area contributed by atoms with Crippen LogP contribution in [0.1, 0.15) is 39.5 Å². The molecule has 0 aromatic carbocycles. The minimum atomic E-state index is -0.119. The molecule has 0 radical (unpaired) electrons. The SMILES string of the molecule is CN1CC(C)(C)N(C2CCCC2)C(CN)C1=O. The van der Waals surface area contributed by atoms with Gasteiger partial charge in [-0.3, -0.25) is 9.69 Å². The average Bonchev–Trinajstić information content (AvgIpc) is 2.75. The zero-order valence-corrected chi connectivity index (χ0v) is 11.3. The molecule has 1 heterocycles. The molecule has 2 aliphatic rings. The fourth-order valence-corrected chi connectivity index (χ4v) is 3.68. The minimum absolute atomic E-state index is 0.0434. The molecule has 2 fully saturated rings. The maximum Gasteiger partial charge on any atom is 0.241 e. The number of nitrogens with zero attached hydrogens (tertiary/aromatic N) is 2. The summed E-state index contributed by atoms with van der Waals surface area (Å²) in [6, 6.07) is 0.433. The van der Waals surface area contributed by atoms with E-state index in [0.29, 0.717) is 12.6 Å². The number of rotatable bonds is 2. The third kappa shape index (κ3) is 2.20. The summed E-state index contributed by atoms with van der Waals surface area (Å²) < 4.78 is 0. The Kier molecular flexibility index (Phi) is 3.46. The molecule has 1 aliphatic carbocycles. The molecule has 2 N–H and O–H groups in total. The molecule has 1 amide bonds. The van der Waals surface area contributed by atoms with E-state index in [1.165, 1.54) is 25.7 Å². The van der Waals surface area contributed by atoms with Crippen LogP contribution in [-0.2, 0) is 4.79 Å². The van der Waals surface area contributed by atoms with Crippen LogP contribution in [0, 0.1) is 0 Å². The monoisotopic (exact) mass is 239 g/mol. The van der Waals surface area contributed by atoms with E-state index in [0.717, 1.165) is 6.54 Å². The van der Waals surface area contributed by atoms with Gasteiger partial charge in [-0.1, -0.05) is 12.8 Å². The molecule has 98 valence electrons. The quantitative estimate of drug-likeness (QED) is 0.776. The van der Waals surface area contributed by atoms with Crippen molar-refractivity contribution < 1.29 is 4.79 Å². The first-order valence-electron chi connectivity index (χ1n) is 6.71. The number of carbonyl (C=O) groups excluding carboxylic acids is 1. The number of amides is 1. The van der Waals surface area contributed by atoms with Crippen LogP contribution in [-0.4, -0.2) is 53.5 Å². The molecule has 4 heteroatoms. The van der Waals surface area contributed by atoms with Gasteiger partial charge >= 0.3 is 0 Å². The van der Waals surface area contributed by atoms with Crippen molar-refractivity contribution in [2.45, 2.75) is 57.2 Å². The van der Waals surface area contributed by atoms with Gasteiger partial charge in [0.25, 0.3) is 0 Å². The maximum absolute atomic E-state index is 12.2. The van der Waals surface area contributed by atoms with Crippen molar-refractivity contribution in [2.24, 2.45) is 5.73 Å². The molecule has 1 saturated heterocycles. The first-order valence-corrected chi connectivity index (χ1v) is 6.71. The Morgan fingerprint density at radius 2 is 1.94 bits per heavy atom. The Labute approximate surface area is 104 Å². The second-order valence-electron chi connectivity index (χ2n) is 6.10. The molecule has 0 spiro atoms. The van der Waals surface area contributed by atoms with Crippen molar-refractivity contribution in [1.82, 2.24) is 9.80 Å². The van der Waals surface area contributed by atoms with Gasteiger partial charge in [-0.2, -0.15) is 0 Å². The van der Waals surface area contributed by atoms with Crippen LogP contribution in [0.4, 0.5) is 0 Å². The van der Waals surface area contributed by atoms with Crippen LogP contribution in [0.2, 0.25) is 0 Å². The molecule has 0 aromatic rings. The fraction of sp³-hybridized carbons (Fsp3) is 0.923. The third-order valence-electron chi connectivity index (χ3n) is 4.26. The summed E-state index contributed by atoms with van der Waals surface area (Å²) in [5, 5.41) is 0. The highest BCUT2D eigenvalue weighted by Crippen LogP contribution is 2.34. The average molecular weight is 239 g/mol. The van der Waals surface area contributed by atoms with Gasteiger partial charge in [0.15, 0.2) is 0 Å². The van der Waals surface area contributed by atoms with Crippen molar-refractivity contribution in [3.8, 4) is 0 Å². The molecule has 17 heavy (non-hydrogen) atoms. The summed E-state index contributed by atoms with van der Waals surface area (Å²) in [5.41, 5.74) is 5.89. The molecule has 0 bridgehead atoms. The Morgan fingerprint density at radius 3 is 2.47 bits per heavy atom. The molecule has 1 saturated carbocycles. The molecule has 1 aliphatic heterocycles. The Balaban J connectivity index is 2.26. The summed E-state index contributed by atoms with van der Waals surface area (Å²) >= 11 is 0. The third-order valence-corrected chi connectivity index (χ3v) is 4.26. The van der Waals surface area contributed by atoms with Gasteiger partial charge in [-0.15, -0.1) is 0 Å². The second-order valence-corrected chi connectivity index (χ2v) is 6.10. The van der Waals surface area contributed by atoms with E-state index in [1.54, 1.807) is 0 Å². The van der Waals surface area contributed by atoms with Gasteiger partial charge in [0.2, 0.25) is 5.91 Å². The summed E-state index contributed by atoms with van der Waals surface area (Å²) in [6.45, 7) is 5.70. The molecular weight excluding hydrogens is 214 g/mol. The lowest BCUT2D eigenvalue weighted by atomic mass is 9.91. The van der Waals surface area contributed by atoms with E-state index >= 15 is 0 Å².